The summed E-state index contributed by atoms with van der Waals surface area (Å²) in [5.41, 5.74) is 0.779. The number of nitrogens with zero attached hydrogens (tertiary/aromatic N) is 3. The van der Waals surface area contributed by atoms with E-state index < -0.39 is 0 Å². The van der Waals surface area contributed by atoms with Gasteiger partial charge in [0, 0.05) is 26.2 Å². The summed E-state index contributed by atoms with van der Waals surface area (Å²) in [6, 6.07) is 5.17. The molecule has 0 spiro atoms. The van der Waals surface area contributed by atoms with Crippen LogP contribution in [0.5, 0.6) is 0 Å². The van der Waals surface area contributed by atoms with Crippen molar-refractivity contribution in [3.05, 3.63) is 29.6 Å². The van der Waals surface area contributed by atoms with Gasteiger partial charge in [0.1, 0.15) is 11.4 Å². The van der Waals surface area contributed by atoms with E-state index in [0.717, 1.165) is 51.9 Å². The standard InChI is InChI=1S/C16H21N3O2/c20-15(18-9-2-1-3-10-18)13-7-6-8-14(17-13)16(21)19-11-4-5-12-19/h6-8H,1-5,9-12H2. The maximum atomic E-state index is 12.4. The topological polar surface area (TPSA) is 53.5 Å². The minimum atomic E-state index is -0.0548. The highest BCUT2D eigenvalue weighted by molar-refractivity contribution is 5.96. The van der Waals surface area contributed by atoms with Crippen molar-refractivity contribution in [3.8, 4) is 0 Å². The third kappa shape index (κ3) is 3.06. The number of rotatable bonds is 2. The van der Waals surface area contributed by atoms with Gasteiger partial charge in [0.2, 0.25) is 0 Å². The number of piperidine rings is 1. The molecule has 0 saturated carbocycles. The van der Waals surface area contributed by atoms with E-state index in [2.05, 4.69) is 4.98 Å². The van der Waals surface area contributed by atoms with Gasteiger partial charge in [-0.15, -0.1) is 0 Å². The van der Waals surface area contributed by atoms with Gasteiger partial charge in [-0.3, -0.25) is 9.59 Å². The summed E-state index contributed by atoms with van der Waals surface area (Å²) < 4.78 is 0. The largest absolute Gasteiger partial charge is 0.337 e. The first kappa shape index (κ1) is 14.0. The first-order valence-electron chi connectivity index (χ1n) is 7.81. The molecule has 0 N–H and O–H groups in total. The average molecular weight is 287 g/mol. The van der Waals surface area contributed by atoms with Crippen LogP contribution in [0.2, 0.25) is 0 Å². The number of hydrogen-bond acceptors (Lipinski definition) is 3. The summed E-state index contributed by atoms with van der Waals surface area (Å²) in [5.74, 6) is -0.105. The van der Waals surface area contributed by atoms with E-state index in [4.69, 9.17) is 0 Å². The predicted molar refractivity (Wildman–Crippen MR) is 79.1 cm³/mol. The first-order valence-corrected chi connectivity index (χ1v) is 7.81. The minimum absolute atomic E-state index is 0.0502. The Bertz CT molecular complexity index is 532. The van der Waals surface area contributed by atoms with Gasteiger partial charge in [-0.1, -0.05) is 6.07 Å². The molecule has 0 aliphatic carbocycles. The summed E-state index contributed by atoms with van der Waals surface area (Å²) in [7, 11) is 0. The lowest BCUT2D eigenvalue weighted by atomic mass is 10.1. The van der Waals surface area contributed by atoms with Crippen LogP contribution in [0.1, 0.15) is 53.1 Å². The molecule has 2 saturated heterocycles. The molecule has 0 bridgehead atoms. The highest BCUT2D eigenvalue weighted by Crippen LogP contribution is 2.14. The number of pyridine rings is 1. The molecule has 1 aromatic rings. The smallest absolute Gasteiger partial charge is 0.272 e. The van der Waals surface area contributed by atoms with Crippen LogP contribution >= 0.6 is 0 Å². The summed E-state index contributed by atoms with van der Waals surface area (Å²) in [6.07, 6.45) is 5.40. The van der Waals surface area contributed by atoms with Gasteiger partial charge in [0.05, 0.1) is 0 Å². The lowest BCUT2D eigenvalue weighted by molar-refractivity contribution is 0.0717. The Morgan fingerprint density at radius 1 is 0.762 bits per heavy atom. The fourth-order valence-electron chi connectivity index (χ4n) is 3.01. The van der Waals surface area contributed by atoms with Gasteiger partial charge >= 0.3 is 0 Å². The molecule has 2 amide bonds. The number of likely N-dealkylation sites (tertiary alicyclic amines) is 2. The third-order valence-electron chi connectivity index (χ3n) is 4.22. The molecule has 21 heavy (non-hydrogen) atoms. The second-order valence-electron chi connectivity index (χ2n) is 5.76. The van der Waals surface area contributed by atoms with Gasteiger partial charge in [-0.25, -0.2) is 4.98 Å². The molecule has 0 aromatic carbocycles. The fourth-order valence-corrected chi connectivity index (χ4v) is 3.01. The van der Waals surface area contributed by atoms with E-state index in [9.17, 15) is 9.59 Å². The zero-order valence-electron chi connectivity index (χ0n) is 12.3. The number of hydrogen-bond donors (Lipinski definition) is 0. The van der Waals surface area contributed by atoms with Crippen molar-refractivity contribution in [2.24, 2.45) is 0 Å². The zero-order chi connectivity index (χ0) is 14.7. The highest BCUT2D eigenvalue weighted by atomic mass is 16.2. The van der Waals surface area contributed by atoms with E-state index >= 15 is 0 Å². The van der Waals surface area contributed by atoms with Gasteiger partial charge in [-0.05, 0) is 44.2 Å². The molecule has 3 heterocycles. The van der Waals surface area contributed by atoms with Gasteiger partial charge < -0.3 is 9.80 Å². The van der Waals surface area contributed by atoms with Crippen molar-refractivity contribution in [1.29, 1.82) is 0 Å². The summed E-state index contributed by atoms with van der Waals surface area (Å²) in [6.45, 7) is 3.19. The Balaban J connectivity index is 1.75. The Hall–Kier alpha value is -1.91. The molecule has 0 unspecified atom stereocenters. The van der Waals surface area contributed by atoms with Crippen LogP contribution < -0.4 is 0 Å². The van der Waals surface area contributed by atoms with Crippen LogP contribution in [0.4, 0.5) is 0 Å². The normalized spacial score (nSPS) is 18.9. The Morgan fingerprint density at radius 3 is 1.67 bits per heavy atom. The van der Waals surface area contributed by atoms with Crippen molar-refractivity contribution >= 4 is 11.8 Å². The monoisotopic (exact) mass is 287 g/mol. The van der Waals surface area contributed by atoms with Crippen LogP contribution in [0.25, 0.3) is 0 Å². The van der Waals surface area contributed by atoms with Crippen LogP contribution in [-0.2, 0) is 0 Å². The predicted octanol–water partition coefficient (Wildman–Crippen LogP) is 1.94. The molecule has 1 aromatic heterocycles. The zero-order valence-corrected chi connectivity index (χ0v) is 12.3. The van der Waals surface area contributed by atoms with Crippen molar-refractivity contribution in [2.75, 3.05) is 26.2 Å². The summed E-state index contributed by atoms with van der Waals surface area (Å²) >= 11 is 0. The number of aromatic nitrogens is 1. The third-order valence-corrected chi connectivity index (χ3v) is 4.22. The number of amides is 2. The lowest BCUT2D eigenvalue weighted by Crippen LogP contribution is -2.36. The van der Waals surface area contributed by atoms with Gasteiger partial charge in [-0.2, -0.15) is 0 Å². The number of carbonyl (C=O) groups is 2. The van der Waals surface area contributed by atoms with Gasteiger partial charge in [0.25, 0.3) is 11.8 Å². The van der Waals surface area contributed by atoms with E-state index in [1.165, 1.54) is 6.42 Å². The summed E-state index contributed by atoms with van der Waals surface area (Å²) in [4.78, 5) is 32.7. The molecule has 2 aliphatic rings. The molecule has 112 valence electrons. The van der Waals surface area contributed by atoms with Crippen LogP contribution in [-0.4, -0.2) is 52.8 Å². The van der Waals surface area contributed by atoms with Crippen molar-refractivity contribution in [3.63, 3.8) is 0 Å². The molecular weight excluding hydrogens is 266 g/mol. The molecule has 5 nitrogen and oxygen atoms in total. The second-order valence-corrected chi connectivity index (χ2v) is 5.76. The van der Waals surface area contributed by atoms with Crippen LogP contribution in [0.3, 0.4) is 0 Å². The van der Waals surface area contributed by atoms with Crippen LogP contribution in [0.15, 0.2) is 18.2 Å². The Labute approximate surface area is 124 Å². The summed E-state index contributed by atoms with van der Waals surface area (Å²) in [5, 5.41) is 0. The SMILES string of the molecule is O=C(c1cccc(C(=O)N2CCCC2)n1)N1CCCCC1. The maximum absolute atomic E-state index is 12.4. The molecule has 3 rings (SSSR count). The van der Waals surface area contributed by atoms with E-state index in [1.807, 2.05) is 9.80 Å². The molecule has 0 radical (unpaired) electrons. The Kier molecular flexibility index (Phi) is 4.18. The maximum Gasteiger partial charge on any atom is 0.272 e. The molecule has 5 heteroatoms. The molecular formula is C16H21N3O2. The first-order chi connectivity index (χ1) is 10.3. The lowest BCUT2D eigenvalue weighted by Gasteiger charge is -2.26. The molecule has 2 fully saturated rings. The van der Waals surface area contributed by atoms with Crippen LogP contribution in [0, 0.1) is 0 Å². The second kappa shape index (κ2) is 6.24. The average Bonchev–Trinajstić information content (AvgIpc) is 3.09. The fraction of sp³-hybridized carbons (Fsp3) is 0.562. The molecule has 2 aliphatic heterocycles. The van der Waals surface area contributed by atoms with Crippen molar-refractivity contribution in [2.45, 2.75) is 32.1 Å². The van der Waals surface area contributed by atoms with E-state index in [0.29, 0.717) is 11.4 Å². The van der Waals surface area contributed by atoms with Crippen molar-refractivity contribution < 1.29 is 9.59 Å². The van der Waals surface area contributed by atoms with E-state index in [1.54, 1.807) is 18.2 Å². The Morgan fingerprint density at radius 2 is 1.19 bits per heavy atom. The quantitative estimate of drug-likeness (QED) is 0.835. The molecule has 0 atom stereocenters. The van der Waals surface area contributed by atoms with Crippen molar-refractivity contribution in [1.82, 2.24) is 14.8 Å². The van der Waals surface area contributed by atoms with Gasteiger partial charge in [0.15, 0.2) is 0 Å². The minimum Gasteiger partial charge on any atom is -0.337 e. The highest BCUT2D eigenvalue weighted by Gasteiger charge is 2.23. The van der Waals surface area contributed by atoms with E-state index in [-0.39, 0.29) is 11.8 Å². The number of carbonyl (C=O) groups excluding carboxylic acids is 2.